The smallest absolute Gasteiger partial charge is 0.192 e. The van der Waals surface area contributed by atoms with Crippen molar-refractivity contribution in [3.05, 3.63) is 59.7 Å². The lowest BCUT2D eigenvalue weighted by atomic mass is 9.54. The summed E-state index contributed by atoms with van der Waals surface area (Å²) in [6.07, 6.45) is 7.01. The lowest BCUT2D eigenvalue weighted by molar-refractivity contribution is 0.000818. The van der Waals surface area contributed by atoms with Crippen LogP contribution in [-0.4, -0.2) is 23.9 Å². The molecular weight excluding hydrogens is 342 g/mol. The number of hydrogen-bond acceptors (Lipinski definition) is 1. The van der Waals surface area contributed by atoms with Crippen molar-refractivity contribution in [1.82, 2.24) is 4.90 Å². The van der Waals surface area contributed by atoms with E-state index in [0.717, 1.165) is 23.7 Å². The first-order valence-corrected chi connectivity index (χ1v) is 10.9. The van der Waals surface area contributed by atoms with Crippen molar-refractivity contribution in [2.24, 2.45) is 34.4 Å². The van der Waals surface area contributed by atoms with Crippen LogP contribution in [0, 0.1) is 23.7 Å². The number of hydrogen-bond donors (Lipinski definition) is 1. The molecule has 2 N–H and O–H groups in total. The van der Waals surface area contributed by atoms with Gasteiger partial charge >= 0.3 is 0 Å². The van der Waals surface area contributed by atoms with E-state index in [-0.39, 0.29) is 6.04 Å². The first kappa shape index (κ1) is 16.6. The molecule has 0 amide bonds. The van der Waals surface area contributed by atoms with E-state index in [4.69, 9.17) is 10.7 Å². The summed E-state index contributed by atoms with van der Waals surface area (Å²) in [7, 11) is 2.12. The van der Waals surface area contributed by atoms with Crippen LogP contribution in [0.15, 0.2) is 53.5 Å². The van der Waals surface area contributed by atoms with E-state index in [0.29, 0.717) is 12.0 Å². The highest BCUT2D eigenvalue weighted by Gasteiger charge is 2.48. The molecule has 0 unspecified atom stereocenters. The van der Waals surface area contributed by atoms with Crippen molar-refractivity contribution in [2.75, 3.05) is 7.05 Å². The Balaban J connectivity index is 1.34. The Bertz CT molecular complexity index is 873. The minimum Gasteiger partial charge on any atom is -0.370 e. The molecule has 0 radical (unpaired) electrons. The Kier molecular flexibility index (Phi) is 3.63. The maximum absolute atomic E-state index is 6.67. The molecule has 0 atom stereocenters. The van der Waals surface area contributed by atoms with Crippen LogP contribution in [0.1, 0.15) is 49.3 Å². The van der Waals surface area contributed by atoms with Gasteiger partial charge in [-0.05, 0) is 78.0 Å². The number of aliphatic imine (C=N–C) groups is 1. The summed E-state index contributed by atoms with van der Waals surface area (Å²) in [5.41, 5.74) is 12.0. The van der Waals surface area contributed by atoms with E-state index in [9.17, 15) is 0 Å². The fourth-order valence-electron chi connectivity index (χ4n) is 7.03. The van der Waals surface area contributed by atoms with Gasteiger partial charge in [0.15, 0.2) is 5.96 Å². The SMILES string of the molecule is CN(C(N)=NC1C2CC3CC(C2)CC1C3)C1c2ccccc2-c2ccccc21. The molecule has 0 heterocycles. The van der Waals surface area contributed by atoms with Crippen LogP contribution in [0.2, 0.25) is 0 Å². The molecular formula is C25H29N3. The van der Waals surface area contributed by atoms with E-state index in [2.05, 4.69) is 60.5 Å². The molecule has 7 rings (SSSR count). The summed E-state index contributed by atoms with van der Waals surface area (Å²) >= 11 is 0. The van der Waals surface area contributed by atoms with E-state index in [1.807, 2.05) is 0 Å². The number of guanidine groups is 1. The molecule has 3 nitrogen and oxygen atoms in total. The number of nitrogens with zero attached hydrogens (tertiary/aromatic N) is 2. The predicted octanol–water partition coefficient (Wildman–Crippen LogP) is 4.83. The molecule has 28 heavy (non-hydrogen) atoms. The molecule has 144 valence electrons. The van der Waals surface area contributed by atoms with Gasteiger partial charge in [-0.1, -0.05) is 48.5 Å². The second-order valence-corrected chi connectivity index (χ2v) is 9.60. The lowest BCUT2D eigenvalue weighted by Gasteiger charge is -2.53. The predicted molar refractivity (Wildman–Crippen MR) is 114 cm³/mol. The van der Waals surface area contributed by atoms with Gasteiger partial charge in [0.1, 0.15) is 0 Å². The molecule has 4 saturated carbocycles. The van der Waals surface area contributed by atoms with E-state index in [1.165, 1.54) is 54.4 Å². The maximum atomic E-state index is 6.67. The molecule has 0 aromatic heterocycles. The quantitative estimate of drug-likeness (QED) is 0.607. The Morgan fingerprint density at radius 3 is 1.86 bits per heavy atom. The second kappa shape index (κ2) is 6.10. The third kappa shape index (κ3) is 2.38. The normalized spacial score (nSPS) is 33.0. The van der Waals surface area contributed by atoms with E-state index >= 15 is 0 Å². The molecule has 5 aliphatic carbocycles. The van der Waals surface area contributed by atoms with Crippen molar-refractivity contribution in [2.45, 2.75) is 44.2 Å². The zero-order chi connectivity index (χ0) is 18.8. The van der Waals surface area contributed by atoms with Crippen LogP contribution in [0.4, 0.5) is 0 Å². The highest BCUT2D eigenvalue weighted by Crippen LogP contribution is 2.55. The van der Waals surface area contributed by atoms with Crippen molar-refractivity contribution in [3.8, 4) is 11.1 Å². The van der Waals surface area contributed by atoms with Gasteiger partial charge in [0, 0.05) is 7.05 Å². The van der Waals surface area contributed by atoms with Crippen LogP contribution in [-0.2, 0) is 0 Å². The minimum absolute atomic E-state index is 0.160. The molecule has 0 saturated heterocycles. The fraction of sp³-hybridized carbons (Fsp3) is 0.480. The van der Waals surface area contributed by atoms with Crippen LogP contribution in [0.3, 0.4) is 0 Å². The summed E-state index contributed by atoms with van der Waals surface area (Å²) in [5, 5.41) is 0. The standard InChI is InChI=1S/C25H29N3/c1-28(24-21-8-4-2-6-19(21)20-7-3-5-9-22(20)24)25(26)27-23-17-11-15-10-16(13-17)14-18(23)12-15/h2-9,15-18,23-24H,10-14H2,1H3,(H2,26,27). The highest BCUT2D eigenvalue weighted by atomic mass is 15.3. The molecule has 5 aliphatic rings. The Morgan fingerprint density at radius 1 is 0.821 bits per heavy atom. The zero-order valence-electron chi connectivity index (χ0n) is 16.6. The van der Waals surface area contributed by atoms with E-state index < -0.39 is 0 Å². The summed E-state index contributed by atoms with van der Waals surface area (Å²) in [4.78, 5) is 7.40. The summed E-state index contributed by atoms with van der Waals surface area (Å²) in [6, 6.07) is 18.1. The van der Waals surface area contributed by atoms with Gasteiger partial charge in [0.25, 0.3) is 0 Å². The first-order valence-electron chi connectivity index (χ1n) is 10.9. The number of benzene rings is 2. The third-order valence-corrected chi connectivity index (χ3v) is 8.01. The molecule has 3 heteroatoms. The maximum Gasteiger partial charge on any atom is 0.192 e. The van der Waals surface area contributed by atoms with Gasteiger partial charge in [-0.25, -0.2) is 4.99 Å². The largest absolute Gasteiger partial charge is 0.370 e. The zero-order valence-corrected chi connectivity index (χ0v) is 16.6. The average molecular weight is 372 g/mol. The fourth-order valence-corrected chi connectivity index (χ4v) is 7.03. The topological polar surface area (TPSA) is 41.6 Å². The van der Waals surface area contributed by atoms with Crippen LogP contribution >= 0.6 is 0 Å². The van der Waals surface area contributed by atoms with Crippen molar-refractivity contribution < 1.29 is 0 Å². The number of nitrogens with two attached hydrogens (primary N) is 1. The van der Waals surface area contributed by atoms with Crippen LogP contribution in [0.25, 0.3) is 11.1 Å². The lowest BCUT2D eigenvalue weighted by Crippen LogP contribution is -2.49. The second-order valence-electron chi connectivity index (χ2n) is 9.60. The van der Waals surface area contributed by atoms with Crippen LogP contribution < -0.4 is 5.73 Å². The Labute approximate surface area is 167 Å². The molecule has 0 aliphatic heterocycles. The van der Waals surface area contributed by atoms with Crippen LogP contribution in [0.5, 0.6) is 0 Å². The van der Waals surface area contributed by atoms with Crippen molar-refractivity contribution in [1.29, 1.82) is 0 Å². The molecule has 4 bridgehead atoms. The number of rotatable bonds is 2. The first-order chi connectivity index (χ1) is 13.7. The summed E-state index contributed by atoms with van der Waals surface area (Å²) in [6.45, 7) is 0. The molecule has 2 aromatic rings. The third-order valence-electron chi connectivity index (χ3n) is 8.01. The van der Waals surface area contributed by atoms with Gasteiger partial charge in [-0.2, -0.15) is 0 Å². The van der Waals surface area contributed by atoms with Gasteiger partial charge in [0.05, 0.1) is 12.1 Å². The monoisotopic (exact) mass is 371 g/mol. The molecule has 0 spiro atoms. The average Bonchev–Trinajstić information content (AvgIpc) is 3.04. The van der Waals surface area contributed by atoms with Gasteiger partial charge in [-0.15, -0.1) is 0 Å². The molecule has 4 fully saturated rings. The summed E-state index contributed by atoms with van der Waals surface area (Å²) in [5.74, 6) is 4.20. The van der Waals surface area contributed by atoms with Gasteiger partial charge in [-0.3, -0.25) is 0 Å². The van der Waals surface area contributed by atoms with Crippen molar-refractivity contribution in [3.63, 3.8) is 0 Å². The van der Waals surface area contributed by atoms with Gasteiger partial charge < -0.3 is 10.6 Å². The van der Waals surface area contributed by atoms with Crippen molar-refractivity contribution >= 4 is 5.96 Å². The van der Waals surface area contributed by atoms with E-state index in [1.54, 1.807) is 0 Å². The number of fused-ring (bicyclic) bond motifs is 3. The Morgan fingerprint density at radius 2 is 1.32 bits per heavy atom. The molecule has 2 aromatic carbocycles. The highest BCUT2D eigenvalue weighted by molar-refractivity contribution is 5.84. The minimum atomic E-state index is 0.160. The Hall–Kier alpha value is -2.29. The van der Waals surface area contributed by atoms with Gasteiger partial charge in [0.2, 0.25) is 0 Å². The summed E-state index contributed by atoms with van der Waals surface area (Å²) < 4.78 is 0.